The number of anilines is 2. The van der Waals surface area contributed by atoms with Gasteiger partial charge in [0, 0.05) is 6.54 Å². The number of unbranched alkanes of at least 4 members (excludes halogenated alkanes) is 1. The Morgan fingerprint density at radius 2 is 2.17 bits per heavy atom. The molecule has 3 aromatic rings. The monoisotopic (exact) mass is 418 g/mol. The van der Waals surface area contributed by atoms with Crippen molar-refractivity contribution in [2.75, 3.05) is 10.6 Å². The highest BCUT2D eigenvalue weighted by Gasteiger charge is 2.29. The van der Waals surface area contributed by atoms with E-state index in [2.05, 4.69) is 14.6 Å². The average molecular weight is 418 g/mol. The second-order valence-corrected chi connectivity index (χ2v) is 7.13. The fraction of sp³-hybridized carbons (Fsp3) is 0.389. The van der Waals surface area contributed by atoms with Gasteiger partial charge in [0.25, 0.3) is 11.5 Å². The number of carbonyl (C=O) groups excluding carboxylic acids is 1. The van der Waals surface area contributed by atoms with Crippen molar-refractivity contribution in [3.63, 3.8) is 0 Å². The standard InChI is InChI=1S/C18H22N6O4S/c1-3-5-8-23-15(19)13(16(25)20-18(23)27)24(10-11-7-6-9-28-11)17(26)14-12(4-2)21-22-29-14/h6-7,9H,3-5,8,10,19H2,1-2H3,(H,20,25,27). The number of aryl methyl sites for hydroxylation is 1. The second-order valence-electron chi connectivity index (χ2n) is 6.37. The lowest BCUT2D eigenvalue weighted by Gasteiger charge is -2.23. The zero-order valence-electron chi connectivity index (χ0n) is 16.2. The van der Waals surface area contributed by atoms with E-state index in [4.69, 9.17) is 10.2 Å². The van der Waals surface area contributed by atoms with Gasteiger partial charge < -0.3 is 10.2 Å². The van der Waals surface area contributed by atoms with E-state index in [1.54, 1.807) is 12.1 Å². The number of nitrogen functional groups attached to an aromatic ring is 1. The van der Waals surface area contributed by atoms with Crippen molar-refractivity contribution in [2.24, 2.45) is 0 Å². The van der Waals surface area contributed by atoms with Crippen molar-refractivity contribution >= 4 is 28.9 Å². The first kappa shape index (κ1) is 20.5. The molecule has 0 saturated heterocycles. The summed E-state index contributed by atoms with van der Waals surface area (Å²) in [6.45, 7) is 4.13. The van der Waals surface area contributed by atoms with Crippen LogP contribution in [-0.4, -0.2) is 25.0 Å². The van der Waals surface area contributed by atoms with E-state index >= 15 is 0 Å². The molecular weight excluding hydrogens is 396 g/mol. The molecule has 0 radical (unpaired) electrons. The molecule has 10 nitrogen and oxygen atoms in total. The molecule has 3 aromatic heterocycles. The zero-order valence-corrected chi connectivity index (χ0v) is 17.0. The van der Waals surface area contributed by atoms with Crippen molar-refractivity contribution in [3.8, 4) is 0 Å². The van der Waals surface area contributed by atoms with Crippen LogP contribution in [0.4, 0.5) is 11.5 Å². The lowest BCUT2D eigenvalue weighted by atomic mass is 10.2. The third-order valence-electron chi connectivity index (χ3n) is 4.44. The van der Waals surface area contributed by atoms with Crippen LogP contribution >= 0.6 is 11.5 Å². The molecular formula is C18H22N6O4S. The molecule has 3 N–H and O–H groups in total. The van der Waals surface area contributed by atoms with Crippen LogP contribution in [0.25, 0.3) is 0 Å². The molecule has 0 aliphatic carbocycles. The van der Waals surface area contributed by atoms with Crippen LogP contribution in [0.5, 0.6) is 0 Å². The molecule has 0 fully saturated rings. The molecule has 0 spiro atoms. The Balaban J connectivity index is 2.15. The Morgan fingerprint density at radius 1 is 1.38 bits per heavy atom. The van der Waals surface area contributed by atoms with E-state index in [1.165, 1.54) is 15.7 Å². The van der Waals surface area contributed by atoms with Gasteiger partial charge in [0.05, 0.1) is 18.5 Å². The van der Waals surface area contributed by atoms with E-state index in [9.17, 15) is 14.4 Å². The quantitative estimate of drug-likeness (QED) is 0.568. The Bertz CT molecular complexity index is 1100. The maximum Gasteiger partial charge on any atom is 0.330 e. The largest absolute Gasteiger partial charge is 0.467 e. The first-order valence-corrected chi connectivity index (χ1v) is 10.0. The van der Waals surface area contributed by atoms with Gasteiger partial charge in [-0.15, -0.1) is 5.10 Å². The summed E-state index contributed by atoms with van der Waals surface area (Å²) in [7, 11) is 0. The van der Waals surface area contributed by atoms with Gasteiger partial charge in [0.2, 0.25) is 0 Å². The Morgan fingerprint density at radius 3 is 2.83 bits per heavy atom. The number of hydrogen-bond donors (Lipinski definition) is 2. The molecule has 0 saturated carbocycles. The summed E-state index contributed by atoms with van der Waals surface area (Å²) in [6.07, 6.45) is 3.51. The first-order valence-electron chi connectivity index (χ1n) is 9.25. The average Bonchev–Trinajstić information content (AvgIpc) is 3.37. The van der Waals surface area contributed by atoms with Crippen LogP contribution in [-0.2, 0) is 19.5 Å². The van der Waals surface area contributed by atoms with E-state index < -0.39 is 17.2 Å². The molecule has 3 rings (SSSR count). The van der Waals surface area contributed by atoms with Crippen molar-refractivity contribution in [1.82, 2.24) is 19.1 Å². The number of nitrogens with zero attached hydrogens (tertiary/aromatic N) is 4. The highest BCUT2D eigenvalue weighted by Crippen LogP contribution is 2.24. The summed E-state index contributed by atoms with van der Waals surface area (Å²) in [6, 6.07) is 3.36. The highest BCUT2D eigenvalue weighted by atomic mass is 32.1. The van der Waals surface area contributed by atoms with Gasteiger partial charge in [-0.05, 0) is 36.5 Å². The zero-order chi connectivity index (χ0) is 21.0. The minimum atomic E-state index is -0.740. The number of aromatic nitrogens is 4. The van der Waals surface area contributed by atoms with Crippen LogP contribution in [0.2, 0.25) is 0 Å². The number of aromatic amines is 1. The van der Waals surface area contributed by atoms with E-state index in [-0.39, 0.29) is 18.1 Å². The lowest BCUT2D eigenvalue weighted by Crippen LogP contribution is -2.41. The maximum absolute atomic E-state index is 13.3. The second kappa shape index (κ2) is 8.86. The van der Waals surface area contributed by atoms with Crippen LogP contribution in [0.1, 0.15) is 47.8 Å². The fourth-order valence-corrected chi connectivity index (χ4v) is 3.61. The number of hydrogen-bond acceptors (Lipinski definition) is 8. The van der Waals surface area contributed by atoms with E-state index in [0.717, 1.165) is 18.0 Å². The Labute approximate surface area is 170 Å². The minimum Gasteiger partial charge on any atom is -0.467 e. The van der Waals surface area contributed by atoms with Crippen molar-refractivity contribution in [1.29, 1.82) is 0 Å². The normalized spacial score (nSPS) is 11.0. The Kier molecular flexibility index (Phi) is 6.27. The number of nitrogens with one attached hydrogen (secondary N) is 1. The molecule has 0 aliphatic heterocycles. The molecule has 0 aromatic carbocycles. The molecule has 154 valence electrons. The fourth-order valence-electron chi connectivity index (χ4n) is 2.91. The van der Waals surface area contributed by atoms with Gasteiger partial charge in [0.15, 0.2) is 5.69 Å². The van der Waals surface area contributed by atoms with Crippen LogP contribution < -0.4 is 21.9 Å². The van der Waals surface area contributed by atoms with E-state index in [1.807, 2.05) is 13.8 Å². The number of rotatable bonds is 8. The van der Waals surface area contributed by atoms with Crippen molar-refractivity contribution in [3.05, 3.63) is 55.6 Å². The van der Waals surface area contributed by atoms with Gasteiger partial charge in [-0.2, -0.15) is 0 Å². The lowest BCUT2D eigenvalue weighted by molar-refractivity contribution is 0.0985. The number of furan rings is 1. The molecule has 1 amide bonds. The van der Waals surface area contributed by atoms with Crippen LogP contribution in [0.15, 0.2) is 32.4 Å². The van der Waals surface area contributed by atoms with Gasteiger partial charge in [-0.25, -0.2) is 4.79 Å². The number of carbonyl (C=O) groups is 1. The minimum absolute atomic E-state index is 0.0356. The smallest absolute Gasteiger partial charge is 0.330 e. The molecule has 0 bridgehead atoms. The van der Waals surface area contributed by atoms with Crippen molar-refractivity contribution < 1.29 is 9.21 Å². The van der Waals surface area contributed by atoms with Gasteiger partial charge in [-0.1, -0.05) is 24.8 Å². The highest BCUT2D eigenvalue weighted by molar-refractivity contribution is 7.08. The third-order valence-corrected chi connectivity index (χ3v) is 5.20. The SMILES string of the molecule is CCCCn1c(N)c(N(Cc2ccco2)C(=O)c2snnc2CC)c(=O)[nH]c1=O. The predicted molar refractivity (Wildman–Crippen MR) is 109 cm³/mol. The third kappa shape index (κ3) is 4.14. The number of H-pyrrole nitrogens is 1. The van der Waals surface area contributed by atoms with Gasteiger partial charge in [0.1, 0.15) is 16.5 Å². The summed E-state index contributed by atoms with van der Waals surface area (Å²) in [4.78, 5) is 42.1. The summed E-state index contributed by atoms with van der Waals surface area (Å²) in [5, 5.41) is 3.97. The first-order chi connectivity index (χ1) is 14.0. The molecule has 0 unspecified atom stereocenters. The number of nitrogens with two attached hydrogens (primary N) is 1. The molecule has 0 atom stereocenters. The van der Waals surface area contributed by atoms with Crippen molar-refractivity contribution in [2.45, 2.75) is 46.2 Å². The summed E-state index contributed by atoms with van der Waals surface area (Å²) in [5.41, 5.74) is 5.29. The van der Waals surface area contributed by atoms with E-state index in [0.29, 0.717) is 35.7 Å². The topological polar surface area (TPSA) is 140 Å². The molecule has 29 heavy (non-hydrogen) atoms. The maximum atomic E-state index is 13.3. The van der Waals surface area contributed by atoms with Gasteiger partial charge in [-0.3, -0.25) is 24.0 Å². The summed E-state index contributed by atoms with van der Waals surface area (Å²) < 4.78 is 10.5. The van der Waals surface area contributed by atoms with Crippen LogP contribution in [0, 0.1) is 0 Å². The molecule has 11 heteroatoms. The van der Waals surface area contributed by atoms with Crippen LogP contribution in [0.3, 0.4) is 0 Å². The Hall–Kier alpha value is -3.21. The summed E-state index contributed by atoms with van der Waals surface area (Å²) in [5.74, 6) is -0.0900. The predicted octanol–water partition coefficient (Wildman–Crippen LogP) is 1.77. The molecule has 3 heterocycles. The molecule has 0 aliphatic rings. The summed E-state index contributed by atoms with van der Waals surface area (Å²) >= 11 is 0.946. The van der Waals surface area contributed by atoms with Gasteiger partial charge >= 0.3 is 5.69 Å². The number of amides is 1.